The van der Waals surface area contributed by atoms with Gasteiger partial charge in [-0.1, -0.05) is 30.3 Å². The Bertz CT molecular complexity index is 1150. The van der Waals surface area contributed by atoms with Gasteiger partial charge in [-0.15, -0.1) is 11.8 Å². The summed E-state index contributed by atoms with van der Waals surface area (Å²) in [6.45, 7) is 1.01. The Kier molecular flexibility index (Phi) is 6.21. The molecule has 0 aromatic heterocycles. The van der Waals surface area contributed by atoms with E-state index in [2.05, 4.69) is 10.6 Å². The number of hydrogen-bond acceptors (Lipinski definition) is 5. The summed E-state index contributed by atoms with van der Waals surface area (Å²) in [4.78, 5) is 26.2. The van der Waals surface area contributed by atoms with Crippen LogP contribution in [-0.2, 0) is 9.59 Å². The highest BCUT2D eigenvalue weighted by Crippen LogP contribution is 2.38. The summed E-state index contributed by atoms with van der Waals surface area (Å²) in [5, 5.41) is 5.51. The summed E-state index contributed by atoms with van der Waals surface area (Å²) in [6.07, 6.45) is 1.94. The highest BCUT2D eigenvalue weighted by atomic mass is 32.2. The smallest absolute Gasteiger partial charge is 0.242 e. The average molecular weight is 461 g/mol. The van der Waals surface area contributed by atoms with E-state index in [0.717, 1.165) is 29.0 Å². The fraction of sp³-hybridized carbons (Fsp3) is 0.231. The molecule has 168 valence electrons. The molecule has 6 nitrogen and oxygen atoms in total. The topological polar surface area (TPSA) is 76.7 Å². The maximum Gasteiger partial charge on any atom is 0.242 e. The third-order valence-electron chi connectivity index (χ3n) is 5.47. The van der Waals surface area contributed by atoms with E-state index < -0.39 is 5.25 Å². The standard InChI is InChI=1S/C26H24N2O4S/c29-25(18-6-7-18)27-19-8-11-21(12-9-19)33-24(17-4-2-1-3-5-17)26(30)28-20-10-13-22-23(16-20)32-15-14-31-22/h1-5,8-13,16,18,24H,6-7,14-15H2,(H,27,29)(H,28,30). The second kappa shape index (κ2) is 9.58. The van der Waals surface area contributed by atoms with Crippen LogP contribution in [0.3, 0.4) is 0 Å². The van der Waals surface area contributed by atoms with E-state index in [1.54, 1.807) is 6.07 Å². The summed E-state index contributed by atoms with van der Waals surface area (Å²) in [7, 11) is 0. The number of nitrogens with one attached hydrogen (secondary N) is 2. The zero-order chi connectivity index (χ0) is 22.6. The molecule has 3 aromatic rings. The number of rotatable bonds is 7. The van der Waals surface area contributed by atoms with Crippen molar-refractivity contribution in [3.05, 3.63) is 78.4 Å². The SMILES string of the molecule is O=C(Nc1ccc(SC(C(=O)Nc2ccc3c(c2)OCCO3)c2ccccc2)cc1)C1CC1. The van der Waals surface area contributed by atoms with Gasteiger partial charge in [-0.25, -0.2) is 0 Å². The van der Waals surface area contributed by atoms with Crippen LogP contribution >= 0.6 is 11.8 Å². The number of carbonyl (C=O) groups excluding carboxylic acids is 2. The number of carbonyl (C=O) groups is 2. The molecule has 2 amide bonds. The van der Waals surface area contributed by atoms with Crippen LogP contribution in [0, 0.1) is 5.92 Å². The van der Waals surface area contributed by atoms with Crippen LogP contribution in [0.1, 0.15) is 23.7 Å². The predicted octanol–water partition coefficient (Wildman–Crippen LogP) is 5.28. The molecular weight excluding hydrogens is 436 g/mol. The fourth-order valence-corrected chi connectivity index (χ4v) is 4.60. The van der Waals surface area contributed by atoms with Crippen molar-refractivity contribution >= 4 is 35.0 Å². The van der Waals surface area contributed by atoms with E-state index in [1.807, 2.05) is 66.7 Å². The lowest BCUT2D eigenvalue weighted by molar-refractivity contribution is -0.117. The quantitative estimate of drug-likeness (QED) is 0.469. The second-order valence-corrected chi connectivity index (χ2v) is 9.22. The minimum absolute atomic E-state index is 0.0800. The van der Waals surface area contributed by atoms with Crippen LogP contribution in [0.2, 0.25) is 0 Å². The molecule has 0 bridgehead atoms. The van der Waals surface area contributed by atoms with Crippen molar-refractivity contribution in [2.75, 3.05) is 23.8 Å². The lowest BCUT2D eigenvalue weighted by Gasteiger charge is -2.20. The first-order valence-electron chi connectivity index (χ1n) is 11.0. The van der Waals surface area contributed by atoms with E-state index in [4.69, 9.17) is 9.47 Å². The molecule has 0 radical (unpaired) electrons. The summed E-state index contributed by atoms with van der Waals surface area (Å²) in [5.74, 6) is 1.42. The van der Waals surface area contributed by atoms with E-state index in [1.165, 1.54) is 11.8 Å². The van der Waals surface area contributed by atoms with Crippen molar-refractivity contribution in [2.45, 2.75) is 23.0 Å². The largest absolute Gasteiger partial charge is 0.486 e. The van der Waals surface area contributed by atoms with Crippen molar-refractivity contribution < 1.29 is 19.1 Å². The molecule has 1 aliphatic carbocycles. The molecule has 5 rings (SSSR count). The molecule has 3 aromatic carbocycles. The molecule has 0 spiro atoms. The van der Waals surface area contributed by atoms with Crippen molar-refractivity contribution in [1.82, 2.24) is 0 Å². The Balaban J connectivity index is 1.31. The minimum atomic E-state index is -0.452. The molecule has 1 atom stereocenters. The van der Waals surface area contributed by atoms with Gasteiger partial charge < -0.3 is 20.1 Å². The monoisotopic (exact) mass is 460 g/mol. The number of ether oxygens (including phenoxy) is 2. The first-order chi connectivity index (χ1) is 16.2. The molecular formula is C26H24N2O4S. The highest BCUT2D eigenvalue weighted by molar-refractivity contribution is 8.00. The molecule has 1 saturated carbocycles. The molecule has 2 aliphatic rings. The first kappa shape index (κ1) is 21.4. The normalized spacial score (nSPS) is 15.4. The maximum atomic E-state index is 13.3. The number of hydrogen-bond donors (Lipinski definition) is 2. The van der Waals surface area contributed by atoms with E-state index in [0.29, 0.717) is 30.4 Å². The number of amides is 2. The number of fused-ring (bicyclic) bond motifs is 1. The molecule has 33 heavy (non-hydrogen) atoms. The summed E-state index contributed by atoms with van der Waals surface area (Å²) < 4.78 is 11.2. The van der Waals surface area contributed by atoms with Crippen LogP contribution in [0.4, 0.5) is 11.4 Å². The van der Waals surface area contributed by atoms with Crippen LogP contribution in [0.25, 0.3) is 0 Å². The molecule has 1 unspecified atom stereocenters. The Morgan fingerprint density at radius 2 is 1.52 bits per heavy atom. The van der Waals surface area contributed by atoms with Gasteiger partial charge in [0, 0.05) is 28.3 Å². The van der Waals surface area contributed by atoms with Gasteiger partial charge in [-0.2, -0.15) is 0 Å². The minimum Gasteiger partial charge on any atom is -0.486 e. The number of anilines is 2. The molecule has 0 saturated heterocycles. The van der Waals surface area contributed by atoms with Gasteiger partial charge in [0.25, 0.3) is 0 Å². The number of benzene rings is 3. The second-order valence-electron chi connectivity index (χ2n) is 8.04. The maximum absolute atomic E-state index is 13.3. The van der Waals surface area contributed by atoms with Gasteiger partial charge in [-0.05, 0) is 54.8 Å². The summed E-state index contributed by atoms with van der Waals surface area (Å²) >= 11 is 1.46. The lowest BCUT2D eigenvalue weighted by atomic mass is 10.1. The Morgan fingerprint density at radius 3 is 2.24 bits per heavy atom. The first-order valence-corrected chi connectivity index (χ1v) is 11.9. The van der Waals surface area contributed by atoms with Gasteiger partial charge in [0.05, 0.1) is 0 Å². The Morgan fingerprint density at radius 1 is 0.818 bits per heavy atom. The predicted molar refractivity (Wildman–Crippen MR) is 129 cm³/mol. The molecule has 7 heteroatoms. The Hall–Kier alpha value is -3.45. The highest BCUT2D eigenvalue weighted by Gasteiger charge is 2.29. The van der Waals surface area contributed by atoms with Gasteiger partial charge in [0.1, 0.15) is 18.5 Å². The Labute approximate surface area is 196 Å². The van der Waals surface area contributed by atoms with Crippen molar-refractivity contribution in [3.63, 3.8) is 0 Å². The average Bonchev–Trinajstić information content (AvgIpc) is 3.70. The summed E-state index contributed by atoms with van der Waals surface area (Å²) in [5.41, 5.74) is 2.33. The molecule has 1 aliphatic heterocycles. The zero-order valence-corrected chi connectivity index (χ0v) is 18.8. The fourth-order valence-electron chi connectivity index (χ4n) is 3.57. The summed E-state index contributed by atoms with van der Waals surface area (Å²) in [6, 6.07) is 22.7. The van der Waals surface area contributed by atoms with E-state index in [9.17, 15) is 9.59 Å². The van der Waals surface area contributed by atoms with Gasteiger partial charge in [-0.3, -0.25) is 9.59 Å². The lowest BCUT2D eigenvalue weighted by Crippen LogP contribution is -2.20. The van der Waals surface area contributed by atoms with Crippen LogP contribution < -0.4 is 20.1 Å². The van der Waals surface area contributed by atoms with Crippen molar-refractivity contribution in [2.24, 2.45) is 5.92 Å². The number of thioether (sulfide) groups is 1. The molecule has 2 N–H and O–H groups in total. The van der Waals surface area contributed by atoms with Crippen LogP contribution in [-0.4, -0.2) is 25.0 Å². The third kappa shape index (κ3) is 5.31. The van der Waals surface area contributed by atoms with Gasteiger partial charge >= 0.3 is 0 Å². The van der Waals surface area contributed by atoms with E-state index >= 15 is 0 Å². The third-order valence-corrected chi connectivity index (χ3v) is 6.74. The molecule has 1 heterocycles. The zero-order valence-electron chi connectivity index (χ0n) is 18.0. The van der Waals surface area contributed by atoms with Gasteiger partial charge in [0.2, 0.25) is 11.8 Å². The van der Waals surface area contributed by atoms with Crippen molar-refractivity contribution in [1.29, 1.82) is 0 Å². The van der Waals surface area contributed by atoms with Crippen LogP contribution in [0.15, 0.2) is 77.7 Å². The molecule has 1 fully saturated rings. The van der Waals surface area contributed by atoms with Gasteiger partial charge in [0.15, 0.2) is 11.5 Å². The van der Waals surface area contributed by atoms with Crippen molar-refractivity contribution in [3.8, 4) is 11.5 Å². The van der Waals surface area contributed by atoms with Crippen LogP contribution in [0.5, 0.6) is 11.5 Å². The van der Waals surface area contributed by atoms with E-state index in [-0.39, 0.29) is 17.7 Å².